The van der Waals surface area contributed by atoms with Crippen molar-refractivity contribution < 1.29 is 13.2 Å². The number of piperazine rings is 1. The van der Waals surface area contributed by atoms with Gasteiger partial charge in [-0.2, -0.15) is 4.31 Å². The number of H-pyrrole nitrogens is 1. The first-order valence-electron chi connectivity index (χ1n) is 13.8. The quantitative estimate of drug-likeness (QED) is 0.381. The predicted octanol–water partition coefficient (Wildman–Crippen LogP) is 3.55. The van der Waals surface area contributed by atoms with Crippen LogP contribution in [0.15, 0.2) is 53.7 Å². The number of morpholine rings is 1. The molecule has 0 saturated carbocycles. The minimum absolute atomic E-state index is 0.142. The molecule has 0 unspecified atom stereocenters. The molecule has 2 aliphatic rings. The number of benzene rings is 1. The first kappa shape index (κ1) is 26.8. The molecule has 0 bridgehead atoms. The maximum absolute atomic E-state index is 13.7. The van der Waals surface area contributed by atoms with Crippen LogP contribution in [0.3, 0.4) is 0 Å². The van der Waals surface area contributed by atoms with Crippen molar-refractivity contribution in [3.63, 3.8) is 0 Å². The summed E-state index contributed by atoms with van der Waals surface area (Å²) >= 11 is 0. The van der Waals surface area contributed by atoms with Gasteiger partial charge >= 0.3 is 0 Å². The molecule has 40 heavy (non-hydrogen) atoms. The molecular weight excluding hydrogens is 526 g/mol. The van der Waals surface area contributed by atoms with Crippen LogP contribution in [0, 0.1) is 6.92 Å². The topological polar surface area (TPSA) is 108 Å². The number of aryl methyl sites for hydroxylation is 1. The fourth-order valence-corrected chi connectivity index (χ4v) is 6.99. The van der Waals surface area contributed by atoms with Crippen LogP contribution in [0.25, 0.3) is 33.7 Å². The lowest BCUT2D eigenvalue weighted by molar-refractivity contribution is 0.0985. The zero-order valence-corrected chi connectivity index (χ0v) is 24.0. The summed E-state index contributed by atoms with van der Waals surface area (Å²) in [6.07, 6.45) is 3.60. The number of aromatic nitrogens is 4. The number of pyridine rings is 1. The second-order valence-electron chi connectivity index (χ2n) is 10.5. The fourth-order valence-electron chi connectivity index (χ4n) is 5.54. The summed E-state index contributed by atoms with van der Waals surface area (Å²) in [7, 11) is -3.64. The van der Waals surface area contributed by atoms with Gasteiger partial charge in [0, 0.05) is 67.7 Å². The largest absolute Gasteiger partial charge is 0.377 e. The zero-order valence-electron chi connectivity index (χ0n) is 23.2. The number of hydrogen-bond acceptors (Lipinski definition) is 8. The Labute approximate surface area is 235 Å². The summed E-state index contributed by atoms with van der Waals surface area (Å²) in [6.45, 7) is 11.5. The predicted molar refractivity (Wildman–Crippen MR) is 156 cm³/mol. The van der Waals surface area contributed by atoms with Gasteiger partial charge < -0.3 is 19.5 Å². The number of anilines is 1. The minimum atomic E-state index is -3.64. The van der Waals surface area contributed by atoms with E-state index in [0.717, 1.165) is 53.2 Å². The van der Waals surface area contributed by atoms with Gasteiger partial charge in [0.15, 0.2) is 5.82 Å². The second-order valence-corrected chi connectivity index (χ2v) is 12.4. The average Bonchev–Trinajstić information content (AvgIpc) is 3.46. The molecule has 4 aromatic rings. The van der Waals surface area contributed by atoms with Gasteiger partial charge in [0.25, 0.3) is 0 Å². The highest BCUT2D eigenvalue weighted by atomic mass is 32.2. The molecule has 210 valence electrons. The summed E-state index contributed by atoms with van der Waals surface area (Å²) in [5.74, 6) is 1.36. The Hall–Kier alpha value is -3.38. The molecule has 0 amide bonds. The molecule has 5 heterocycles. The van der Waals surface area contributed by atoms with E-state index < -0.39 is 10.0 Å². The lowest BCUT2D eigenvalue weighted by Gasteiger charge is -2.34. The molecule has 1 aromatic carbocycles. The van der Waals surface area contributed by atoms with Crippen molar-refractivity contribution in [2.75, 3.05) is 57.4 Å². The van der Waals surface area contributed by atoms with Crippen molar-refractivity contribution in [3.8, 4) is 22.6 Å². The first-order chi connectivity index (χ1) is 19.3. The number of sulfonamides is 1. The van der Waals surface area contributed by atoms with E-state index in [0.29, 0.717) is 44.4 Å². The third-order valence-electron chi connectivity index (χ3n) is 7.98. The Kier molecular flexibility index (Phi) is 7.30. The van der Waals surface area contributed by atoms with Crippen LogP contribution < -0.4 is 4.90 Å². The highest BCUT2D eigenvalue weighted by Gasteiger charge is 2.29. The van der Waals surface area contributed by atoms with E-state index >= 15 is 0 Å². The van der Waals surface area contributed by atoms with Crippen LogP contribution in [0.5, 0.6) is 0 Å². The monoisotopic (exact) mass is 561 g/mol. The number of aromatic amines is 1. The van der Waals surface area contributed by atoms with Crippen LogP contribution >= 0.6 is 0 Å². The molecule has 0 radical (unpaired) electrons. The normalized spacial score (nSPS) is 19.4. The number of hydrogen-bond donors (Lipinski definition) is 1. The third-order valence-corrected chi connectivity index (χ3v) is 9.87. The van der Waals surface area contributed by atoms with Crippen LogP contribution in [-0.4, -0.2) is 96.1 Å². The van der Waals surface area contributed by atoms with Crippen LogP contribution in [0.2, 0.25) is 0 Å². The molecule has 2 aliphatic heterocycles. The van der Waals surface area contributed by atoms with Gasteiger partial charge in [0.2, 0.25) is 10.0 Å². The molecule has 3 aromatic heterocycles. The molecule has 0 spiro atoms. The summed E-state index contributed by atoms with van der Waals surface area (Å²) < 4.78 is 34.6. The van der Waals surface area contributed by atoms with E-state index in [1.165, 1.54) is 0 Å². The number of nitrogens with one attached hydrogen (secondary N) is 1. The van der Waals surface area contributed by atoms with Gasteiger partial charge in [-0.15, -0.1) is 0 Å². The van der Waals surface area contributed by atoms with Gasteiger partial charge in [-0.3, -0.25) is 0 Å². The van der Waals surface area contributed by atoms with E-state index in [1.807, 2.05) is 37.4 Å². The molecule has 0 aliphatic carbocycles. The molecule has 2 saturated heterocycles. The molecule has 11 heteroatoms. The van der Waals surface area contributed by atoms with Crippen molar-refractivity contribution in [1.82, 2.24) is 29.1 Å². The number of likely N-dealkylation sites (N-methyl/N-ethyl adjacent to an activating group) is 1. The number of rotatable bonds is 6. The van der Waals surface area contributed by atoms with Crippen LogP contribution in [-0.2, 0) is 14.8 Å². The van der Waals surface area contributed by atoms with Crippen LogP contribution in [0.4, 0.5) is 5.82 Å². The maximum atomic E-state index is 13.7. The molecule has 2 fully saturated rings. The molecule has 1 N–H and O–H groups in total. The number of nitrogens with zero attached hydrogens (tertiary/aromatic N) is 6. The third kappa shape index (κ3) is 4.98. The van der Waals surface area contributed by atoms with Crippen molar-refractivity contribution in [2.24, 2.45) is 0 Å². The van der Waals surface area contributed by atoms with E-state index in [4.69, 9.17) is 14.7 Å². The van der Waals surface area contributed by atoms with Crippen molar-refractivity contribution in [2.45, 2.75) is 31.7 Å². The lowest BCUT2D eigenvalue weighted by atomic mass is 10.0. The van der Waals surface area contributed by atoms with Crippen molar-refractivity contribution in [3.05, 3.63) is 54.4 Å². The summed E-state index contributed by atoms with van der Waals surface area (Å²) in [6, 6.07) is 11.4. The first-order valence-corrected chi connectivity index (χ1v) is 15.3. The van der Waals surface area contributed by atoms with Gasteiger partial charge in [0.05, 0.1) is 29.8 Å². The van der Waals surface area contributed by atoms with Crippen LogP contribution in [0.1, 0.15) is 19.4 Å². The van der Waals surface area contributed by atoms with Gasteiger partial charge in [-0.25, -0.2) is 23.4 Å². The Morgan fingerprint density at radius 3 is 2.62 bits per heavy atom. The highest BCUT2D eigenvalue weighted by molar-refractivity contribution is 7.89. The summed E-state index contributed by atoms with van der Waals surface area (Å²) in [5.41, 5.74) is 4.04. The Morgan fingerprint density at radius 2 is 1.85 bits per heavy atom. The zero-order chi connectivity index (χ0) is 27.9. The molecule has 10 nitrogen and oxygen atoms in total. The van der Waals surface area contributed by atoms with Gasteiger partial charge in [0.1, 0.15) is 11.5 Å². The van der Waals surface area contributed by atoms with E-state index in [1.54, 1.807) is 22.6 Å². The Morgan fingerprint density at radius 1 is 1.02 bits per heavy atom. The Balaban J connectivity index is 1.46. The summed E-state index contributed by atoms with van der Waals surface area (Å²) in [4.78, 5) is 22.4. The second kappa shape index (κ2) is 10.9. The standard InChI is InChI=1S/C29H35N7O3S/c1-4-34-11-13-35(14-12-34)40(37,38)22-6-5-20(2)25(17-22)26-18-27(36-15-16-39-19-21(36)3)33-29(32-26)24-8-10-31-28-23(24)7-9-30-28/h5-10,17-18,21H,4,11-16,19H2,1-3H3,(H,30,31)/t21-/m1/s1. The van der Waals surface area contributed by atoms with Crippen molar-refractivity contribution >= 4 is 26.9 Å². The maximum Gasteiger partial charge on any atom is 0.243 e. The highest BCUT2D eigenvalue weighted by Crippen LogP contribution is 2.33. The number of ether oxygens (including phenoxy) is 1. The van der Waals surface area contributed by atoms with E-state index in [9.17, 15) is 8.42 Å². The molecule has 1 atom stereocenters. The molecule has 6 rings (SSSR count). The lowest BCUT2D eigenvalue weighted by Crippen LogP contribution is -2.48. The molecular formula is C29H35N7O3S. The average molecular weight is 562 g/mol. The van der Waals surface area contributed by atoms with Gasteiger partial charge in [-0.1, -0.05) is 13.0 Å². The minimum Gasteiger partial charge on any atom is -0.377 e. The van der Waals surface area contributed by atoms with Gasteiger partial charge in [-0.05, 0) is 50.2 Å². The summed E-state index contributed by atoms with van der Waals surface area (Å²) in [5, 5.41) is 0.930. The fraction of sp³-hybridized carbons (Fsp3) is 0.414. The number of fused-ring (bicyclic) bond motifs is 1. The SMILES string of the molecule is CCN1CCN(S(=O)(=O)c2ccc(C)c(-c3cc(N4CCOC[C@H]4C)nc(-c4ccnc5[nH]ccc45)n3)c2)CC1. The Bertz CT molecular complexity index is 1630. The van der Waals surface area contributed by atoms with E-state index in [-0.39, 0.29) is 10.9 Å². The van der Waals surface area contributed by atoms with E-state index in [2.05, 4.69) is 33.6 Å². The van der Waals surface area contributed by atoms with Crippen molar-refractivity contribution in [1.29, 1.82) is 0 Å². The smallest absolute Gasteiger partial charge is 0.243 e.